The Kier molecular flexibility index (Phi) is 4.21. The third kappa shape index (κ3) is 2.67. The van der Waals surface area contributed by atoms with E-state index in [4.69, 9.17) is 4.74 Å². The molecule has 2 amide bonds. The molecule has 0 saturated carbocycles. The lowest BCUT2D eigenvalue weighted by molar-refractivity contribution is -0.149. The van der Waals surface area contributed by atoms with Crippen molar-refractivity contribution in [2.24, 2.45) is 0 Å². The van der Waals surface area contributed by atoms with Crippen molar-refractivity contribution >= 4 is 11.8 Å². The fraction of sp³-hybridized carbons (Fsp3) is 0.857. The maximum absolute atomic E-state index is 12.6. The molecule has 0 aromatic rings. The largest absolute Gasteiger partial charge is 0.368 e. The van der Waals surface area contributed by atoms with Crippen LogP contribution >= 0.6 is 0 Å². The molecule has 1 unspecified atom stereocenters. The number of carbonyl (C=O) groups excluding carboxylic acids is 2. The van der Waals surface area contributed by atoms with E-state index in [2.05, 4.69) is 5.32 Å². The average molecular weight is 281 g/mol. The summed E-state index contributed by atoms with van der Waals surface area (Å²) in [5.74, 6) is 0.142. The van der Waals surface area contributed by atoms with Crippen LogP contribution in [0.15, 0.2) is 0 Å². The van der Waals surface area contributed by atoms with E-state index < -0.39 is 0 Å². The first-order valence-electron chi connectivity index (χ1n) is 7.69. The second-order valence-electron chi connectivity index (χ2n) is 5.77. The first-order valence-corrected chi connectivity index (χ1v) is 7.69. The Balaban J connectivity index is 1.65. The van der Waals surface area contributed by atoms with Gasteiger partial charge in [0.1, 0.15) is 12.1 Å². The van der Waals surface area contributed by atoms with Gasteiger partial charge in [0.05, 0.1) is 0 Å². The molecule has 1 N–H and O–H groups in total. The Hall–Kier alpha value is -1.14. The Labute approximate surface area is 119 Å². The third-order valence-corrected chi connectivity index (χ3v) is 4.45. The summed E-state index contributed by atoms with van der Waals surface area (Å²) in [6.45, 7) is 4.55. The summed E-state index contributed by atoms with van der Waals surface area (Å²) in [6, 6.07) is -0.259. The second kappa shape index (κ2) is 6.10. The number of ether oxygens (including phenoxy) is 1. The van der Waals surface area contributed by atoms with Crippen molar-refractivity contribution in [1.82, 2.24) is 15.1 Å². The molecule has 112 valence electrons. The molecule has 3 aliphatic heterocycles. The minimum atomic E-state index is -0.313. The van der Waals surface area contributed by atoms with E-state index in [1.54, 1.807) is 4.90 Å². The minimum absolute atomic E-state index is 0.0217. The molecular formula is C14H23N3O3. The third-order valence-electron chi connectivity index (χ3n) is 4.45. The van der Waals surface area contributed by atoms with Gasteiger partial charge in [-0.25, -0.2) is 0 Å². The lowest BCUT2D eigenvalue weighted by atomic mass is 10.1. The molecule has 2 atom stereocenters. The molecule has 0 aliphatic carbocycles. The first-order chi connectivity index (χ1) is 9.77. The zero-order valence-electron chi connectivity index (χ0n) is 11.8. The van der Waals surface area contributed by atoms with Gasteiger partial charge in [0.25, 0.3) is 5.91 Å². The average Bonchev–Trinajstić information content (AvgIpc) is 3.18. The molecule has 3 saturated heterocycles. The molecule has 0 aromatic carbocycles. The van der Waals surface area contributed by atoms with E-state index in [0.29, 0.717) is 13.2 Å². The number of carbonyl (C=O) groups is 2. The fourth-order valence-corrected chi connectivity index (χ4v) is 3.34. The van der Waals surface area contributed by atoms with E-state index in [1.807, 2.05) is 4.90 Å². The van der Waals surface area contributed by atoms with Crippen LogP contribution in [0.2, 0.25) is 0 Å². The highest BCUT2D eigenvalue weighted by atomic mass is 16.5. The van der Waals surface area contributed by atoms with E-state index in [1.165, 1.54) is 0 Å². The number of hydrogen-bond acceptors (Lipinski definition) is 4. The lowest BCUT2D eigenvalue weighted by Gasteiger charge is -2.33. The Morgan fingerprint density at radius 2 is 1.80 bits per heavy atom. The number of piperazine rings is 1. The first kappa shape index (κ1) is 13.8. The van der Waals surface area contributed by atoms with Gasteiger partial charge in [-0.1, -0.05) is 0 Å². The number of amides is 2. The Morgan fingerprint density at radius 1 is 1.00 bits per heavy atom. The number of likely N-dealkylation sites (tertiary alicyclic amines) is 1. The summed E-state index contributed by atoms with van der Waals surface area (Å²) >= 11 is 0. The van der Waals surface area contributed by atoms with Crippen molar-refractivity contribution < 1.29 is 14.3 Å². The van der Waals surface area contributed by atoms with E-state index >= 15 is 0 Å². The topological polar surface area (TPSA) is 61.9 Å². The van der Waals surface area contributed by atoms with Crippen molar-refractivity contribution in [3.63, 3.8) is 0 Å². The van der Waals surface area contributed by atoms with Gasteiger partial charge in [-0.2, -0.15) is 0 Å². The zero-order chi connectivity index (χ0) is 13.9. The summed E-state index contributed by atoms with van der Waals surface area (Å²) in [7, 11) is 0. The summed E-state index contributed by atoms with van der Waals surface area (Å²) < 4.78 is 5.47. The number of nitrogens with one attached hydrogen (secondary N) is 1. The highest BCUT2D eigenvalue weighted by molar-refractivity contribution is 5.90. The lowest BCUT2D eigenvalue weighted by Crippen LogP contribution is -2.54. The van der Waals surface area contributed by atoms with Gasteiger partial charge in [-0.3, -0.25) is 9.59 Å². The predicted molar refractivity (Wildman–Crippen MR) is 73.2 cm³/mol. The summed E-state index contributed by atoms with van der Waals surface area (Å²) in [5.41, 5.74) is 0. The van der Waals surface area contributed by atoms with Crippen molar-refractivity contribution in [3.8, 4) is 0 Å². The molecule has 6 nitrogen and oxygen atoms in total. The molecule has 0 radical (unpaired) electrons. The van der Waals surface area contributed by atoms with Crippen molar-refractivity contribution in [2.45, 2.75) is 37.8 Å². The number of nitrogens with zero attached hydrogens (tertiary/aromatic N) is 2. The summed E-state index contributed by atoms with van der Waals surface area (Å²) in [6.07, 6.45) is 3.14. The molecule has 3 fully saturated rings. The van der Waals surface area contributed by atoms with Crippen LogP contribution in [0.4, 0.5) is 0 Å². The standard InChI is InChI=1S/C14H23N3O3/c18-13(16-8-5-15-6-9-16)11-3-1-7-17(11)14(19)12-4-2-10-20-12/h11-12,15H,1-10H2/t11?,12-/m0/s1. The van der Waals surface area contributed by atoms with Crippen molar-refractivity contribution in [1.29, 1.82) is 0 Å². The van der Waals surface area contributed by atoms with Gasteiger partial charge in [-0.15, -0.1) is 0 Å². The van der Waals surface area contributed by atoms with Crippen LogP contribution in [0.5, 0.6) is 0 Å². The highest BCUT2D eigenvalue weighted by Gasteiger charge is 2.40. The SMILES string of the molecule is O=C(C1CCCN1C(=O)[C@@H]1CCCO1)N1CCNCC1. The van der Waals surface area contributed by atoms with E-state index in [0.717, 1.165) is 51.9 Å². The Bertz CT molecular complexity index is 376. The van der Waals surface area contributed by atoms with Crippen LogP contribution in [-0.2, 0) is 14.3 Å². The van der Waals surface area contributed by atoms with Crippen LogP contribution in [0.3, 0.4) is 0 Å². The monoisotopic (exact) mass is 281 g/mol. The van der Waals surface area contributed by atoms with Crippen molar-refractivity contribution in [3.05, 3.63) is 0 Å². The van der Waals surface area contributed by atoms with Gasteiger partial charge in [0.2, 0.25) is 5.91 Å². The maximum Gasteiger partial charge on any atom is 0.252 e. The van der Waals surface area contributed by atoms with Crippen molar-refractivity contribution in [2.75, 3.05) is 39.3 Å². The molecule has 0 aromatic heterocycles. The molecule has 3 rings (SSSR count). The van der Waals surface area contributed by atoms with Crippen LogP contribution < -0.4 is 5.32 Å². The van der Waals surface area contributed by atoms with Crippen LogP contribution in [0.1, 0.15) is 25.7 Å². The number of rotatable bonds is 2. The fourth-order valence-electron chi connectivity index (χ4n) is 3.34. The summed E-state index contributed by atoms with van der Waals surface area (Å²) in [4.78, 5) is 28.7. The second-order valence-corrected chi connectivity index (χ2v) is 5.77. The molecule has 3 heterocycles. The minimum Gasteiger partial charge on any atom is -0.368 e. The maximum atomic E-state index is 12.6. The van der Waals surface area contributed by atoms with Gasteiger partial charge in [0, 0.05) is 39.3 Å². The number of hydrogen-bond donors (Lipinski definition) is 1. The smallest absolute Gasteiger partial charge is 0.252 e. The molecule has 20 heavy (non-hydrogen) atoms. The molecule has 3 aliphatic rings. The predicted octanol–water partition coefficient (Wildman–Crippen LogP) is -0.412. The van der Waals surface area contributed by atoms with Crippen LogP contribution in [-0.4, -0.2) is 73.1 Å². The van der Waals surface area contributed by atoms with E-state index in [-0.39, 0.29) is 24.0 Å². The van der Waals surface area contributed by atoms with E-state index in [9.17, 15) is 9.59 Å². The van der Waals surface area contributed by atoms with Crippen LogP contribution in [0.25, 0.3) is 0 Å². The molecular weight excluding hydrogens is 258 g/mol. The van der Waals surface area contributed by atoms with Gasteiger partial charge in [0.15, 0.2) is 0 Å². The zero-order valence-corrected chi connectivity index (χ0v) is 11.8. The summed E-state index contributed by atoms with van der Waals surface area (Å²) in [5, 5.41) is 3.24. The normalized spacial score (nSPS) is 30.8. The Morgan fingerprint density at radius 3 is 2.50 bits per heavy atom. The molecule has 6 heteroatoms. The van der Waals surface area contributed by atoms with Crippen LogP contribution in [0, 0.1) is 0 Å². The highest BCUT2D eigenvalue weighted by Crippen LogP contribution is 2.24. The quantitative estimate of drug-likeness (QED) is 0.747. The molecule has 0 spiro atoms. The molecule has 0 bridgehead atoms. The van der Waals surface area contributed by atoms with Gasteiger partial charge in [-0.05, 0) is 25.7 Å². The van der Waals surface area contributed by atoms with Gasteiger partial charge < -0.3 is 19.9 Å². The van der Waals surface area contributed by atoms with Gasteiger partial charge >= 0.3 is 0 Å².